The molecule has 2 N–H and O–H groups in total. The highest BCUT2D eigenvalue weighted by atomic mass is 79.9. The zero-order valence-electron chi connectivity index (χ0n) is 11.6. The topological polar surface area (TPSA) is 75.6 Å². The summed E-state index contributed by atoms with van der Waals surface area (Å²) in [5, 5.41) is 11.6. The van der Waals surface area contributed by atoms with Crippen molar-refractivity contribution in [2.45, 2.75) is 26.3 Å². The van der Waals surface area contributed by atoms with Crippen molar-refractivity contribution >= 4 is 27.8 Å². The Morgan fingerprint density at radius 3 is 2.50 bits per heavy atom. The summed E-state index contributed by atoms with van der Waals surface area (Å²) in [5.41, 5.74) is 0.382. The van der Waals surface area contributed by atoms with E-state index in [9.17, 15) is 9.59 Å². The second-order valence-corrected chi connectivity index (χ2v) is 5.70. The number of ether oxygens (including phenoxy) is 1. The molecule has 0 fully saturated rings. The standard InChI is InChI=1S/C14H18BrNO4/c1-8(2)6-11(14(18)19)16-13(17)9-4-5-12(20-3)10(15)7-9/h4-5,7-8,11H,6H2,1-3H3,(H,16,17)(H,18,19). The lowest BCUT2D eigenvalue weighted by Crippen LogP contribution is -2.41. The quantitative estimate of drug-likeness (QED) is 0.832. The second-order valence-electron chi connectivity index (χ2n) is 4.84. The van der Waals surface area contributed by atoms with Crippen LogP contribution in [0, 0.1) is 5.92 Å². The number of methoxy groups -OCH3 is 1. The van der Waals surface area contributed by atoms with Crippen molar-refractivity contribution in [3.8, 4) is 5.75 Å². The highest BCUT2D eigenvalue weighted by molar-refractivity contribution is 9.10. The number of carboxylic acid groups (broad SMARTS) is 1. The zero-order chi connectivity index (χ0) is 15.3. The van der Waals surface area contributed by atoms with E-state index < -0.39 is 17.9 Å². The average Bonchev–Trinajstić information content (AvgIpc) is 2.37. The molecule has 0 aliphatic heterocycles. The van der Waals surface area contributed by atoms with Gasteiger partial charge in [-0.3, -0.25) is 4.79 Å². The molecule has 110 valence electrons. The van der Waals surface area contributed by atoms with Crippen molar-refractivity contribution in [2.24, 2.45) is 5.92 Å². The predicted octanol–water partition coefficient (Wildman–Crippen LogP) is 2.69. The average molecular weight is 344 g/mol. The van der Waals surface area contributed by atoms with Gasteiger partial charge in [-0.2, -0.15) is 0 Å². The van der Waals surface area contributed by atoms with Crippen molar-refractivity contribution in [3.05, 3.63) is 28.2 Å². The Bertz CT molecular complexity index is 502. The van der Waals surface area contributed by atoms with Crippen LogP contribution in [-0.4, -0.2) is 30.1 Å². The van der Waals surface area contributed by atoms with Gasteiger partial charge in [0.2, 0.25) is 0 Å². The van der Waals surface area contributed by atoms with Crippen LogP contribution < -0.4 is 10.1 Å². The summed E-state index contributed by atoms with van der Waals surface area (Å²) in [6, 6.07) is 3.95. The Hall–Kier alpha value is -1.56. The van der Waals surface area contributed by atoms with Crippen LogP contribution in [0.3, 0.4) is 0 Å². The van der Waals surface area contributed by atoms with Crippen molar-refractivity contribution < 1.29 is 19.4 Å². The van der Waals surface area contributed by atoms with Gasteiger partial charge in [-0.25, -0.2) is 4.79 Å². The molecular formula is C14H18BrNO4. The number of carboxylic acids is 1. The molecular weight excluding hydrogens is 326 g/mol. The van der Waals surface area contributed by atoms with Gasteiger partial charge in [0.1, 0.15) is 11.8 Å². The Morgan fingerprint density at radius 2 is 2.05 bits per heavy atom. The monoisotopic (exact) mass is 343 g/mol. The fourth-order valence-corrected chi connectivity index (χ4v) is 2.28. The van der Waals surface area contributed by atoms with Crippen molar-refractivity contribution in [2.75, 3.05) is 7.11 Å². The first-order valence-electron chi connectivity index (χ1n) is 6.22. The predicted molar refractivity (Wildman–Crippen MR) is 79.0 cm³/mol. The minimum Gasteiger partial charge on any atom is -0.496 e. The summed E-state index contributed by atoms with van der Waals surface area (Å²) < 4.78 is 5.72. The third-order valence-electron chi connectivity index (χ3n) is 2.72. The van der Waals surface area contributed by atoms with E-state index in [2.05, 4.69) is 21.2 Å². The molecule has 1 unspecified atom stereocenters. The van der Waals surface area contributed by atoms with E-state index in [-0.39, 0.29) is 5.92 Å². The number of carbonyl (C=O) groups is 2. The highest BCUT2D eigenvalue weighted by Crippen LogP contribution is 2.25. The van der Waals surface area contributed by atoms with E-state index in [1.807, 2.05) is 13.8 Å². The lowest BCUT2D eigenvalue weighted by molar-refractivity contribution is -0.139. The number of hydrogen-bond donors (Lipinski definition) is 2. The van der Waals surface area contributed by atoms with Crippen LogP contribution in [0.1, 0.15) is 30.6 Å². The molecule has 0 saturated carbocycles. The highest BCUT2D eigenvalue weighted by Gasteiger charge is 2.22. The van der Waals surface area contributed by atoms with Crippen LogP contribution in [0.4, 0.5) is 0 Å². The number of benzene rings is 1. The second kappa shape index (κ2) is 7.28. The normalized spacial score (nSPS) is 12.1. The molecule has 0 radical (unpaired) electrons. The number of carbonyl (C=O) groups excluding carboxylic acids is 1. The molecule has 20 heavy (non-hydrogen) atoms. The molecule has 0 aromatic heterocycles. The van der Waals surface area contributed by atoms with Crippen LogP contribution in [-0.2, 0) is 4.79 Å². The van der Waals surface area contributed by atoms with E-state index in [0.717, 1.165) is 0 Å². The number of aliphatic carboxylic acids is 1. The molecule has 0 bridgehead atoms. The SMILES string of the molecule is COc1ccc(C(=O)NC(CC(C)C)C(=O)O)cc1Br. The van der Waals surface area contributed by atoms with Gasteiger partial charge in [0.15, 0.2) is 0 Å². The number of amides is 1. The van der Waals surface area contributed by atoms with Crippen molar-refractivity contribution in [1.29, 1.82) is 0 Å². The lowest BCUT2D eigenvalue weighted by Gasteiger charge is -2.16. The van der Waals surface area contributed by atoms with Gasteiger partial charge in [0.05, 0.1) is 11.6 Å². The molecule has 0 spiro atoms. The molecule has 0 saturated heterocycles. The molecule has 1 aromatic rings. The molecule has 1 amide bonds. The summed E-state index contributed by atoms with van der Waals surface area (Å²) in [7, 11) is 1.53. The summed E-state index contributed by atoms with van der Waals surface area (Å²) in [6.07, 6.45) is 0.387. The van der Waals surface area contributed by atoms with Crippen LogP contribution in [0.25, 0.3) is 0 Å². The molecule has 6 heteroatoms. The molecule has 5 nitrogen and oxygen atoms in total. The lowest BCUT2D eigenvalue weighted by atomic mass is 10.0. The number of hydrogen-bond acceptors (Lipinski definition) is 3. The number of halogens is 1. The number of nitrogens with one attached hydrogen (secondary N) is 1. The minimum atomic E-state index is -1.03. The first kappa shape index (κ1) is 16.5. The Morgan fingerprint density at radius 1 is 1.40 bits per heavy atom. The third kappa shape index (κ3) is 4.52. The van der Waals surface area contributed by atoms with Crippen molar-refractivity contribution in [3.63, 3.8) is 0 Å². The molecule has 1 rings (SSSR count). The van der Waals surface area contributed by atoms with Gasteiger partial charge in [-0.1, -0.05) is 13.8 Å². The molecule has 1 atom stereocenters. The van der Waals surface area contributed by atoms with E-state index in [1.54, 1.807) is 18.2 Å². The van der Waals surface area contributed by atoms with Gasteiger partial charge < -0.3 is 15.2 Å². The molecule has 1 aromatic carbocycles. The third-order valence-corrected chi connectivity index (χ3v) is 3.34. The van der Waals surface area contributed by atoms with Crippen LogP contribution in [0.2, 0.25) is 0 Å². The Labute approximate surface area is 126 Å². The Kier molecular flexibility index (Phi) is 6.01. The molecule has 0 aliphatic carbocycles. The fourth-order valence-electron chi connectivity index (χ4n) is 1.74. The van der Waals surface area contributed by atoms with E-state index in [0.29, 0.717) is 22.2 Å². The summed E-state index contributed by atoms with van der Waals surface area (Å²) in [5.74, 6) is -0.654. The van der Waals surface area contributed by atoms with Crippen LogP contribution in [0.15, 0.2) is 22.7 Å². The maximum atomic E-state index is 12.1. The fraction of sp³-hybridized carbons (Fsp3) is 0.429. The maximum absolute atomic E-state index is 12.1. The largest absolute Gasteiger partial charge is 0.496 e. The van der Waals surface area contributed by atoms with E-state index in [4.69, 9.17) is 9.84 Å². The minimum absolute atomic E-state index is 0.180. The maximum Gasteiger partial charge on any atom is 0.326 e. The van der Waals surface area contributed by atoms with Gasteiger partial charge in [0.25, 0.3) is 5.91 Å². The van der Waals surface area contributed by atoms with Crippen LogP contribution >= 0.6 is 15.9 Å². The summed E-state index contributed by atoms with van der Waals surface area (Å²) in [6.45, 7) is 3.82. The summed E-state index contributed by atoms with van der Waals surface area (Å²) in [4.78, 5) is 23.2. The van der Waals surface area contributed by atoms with Gasteiger partial charge in [0, 0.05) is 5.56 Å². The molecule has 0 heterocycles. The molecule has 0 aliphatic rings. The Balaban J connectivity index is 2.83. The van der Waals surface area contributed by atoms with Gasteiger partial charge in [-0.15, -0.1) is 0 Å². The van der Waals surface area contributed by atoms with Gasteiger partial charge in [-0.05, 0) is 46.5 Å². The van der Waals surface area contributed by atoms with E-state index in [1.165, 1.54) is 7.11 Å². The zero-order valence-corrected chi connectivity index (χ0v) is 13.2. The van der Waals surface area contributed by atoms with Crippen LogP contribution in [0.5, 0.6) is 5.75 Å². The first-order chi connectivity index (χ1) is 9.35. The number of rotatable bonds is 6. The van der Waals surface area contributed by atoms with Gasteiger partial charge >= 0.3 is 5.97 Å². The smallest absolute Gasteiger partial charge is 0.326 e. The van der Waals surface area contributed by atoms with E-state index >= 15 is 0 Å². The summed E-state index contributed by atoms with van der Waals surface area (Å²) >= 11 is 3.29. The first-order valence-corrected chi connectivity index (χ1v) is 7.01. The van der Waals surface area contributed by atoms with Crippen molar-refractivity contribution in [1.82, 2.24) is 5.32 Å².